The molecule has 1 heterocycles. The molecule has 1 aromatic rings. The van der Waals surface area contributed by atoms with Crippen LogP contribution in [-0.2, 0) is 0 Å². The molecule has 7 heteroatoms. The number of rotatable bonds is 2. The van der Waals surface area contributed by atoms with Crippen LogP contribution >= 0.6 is 0 Å². The Morgan fingerprint density at radius 1 is 1.59 bits per heavy atom. The highest BCUT2D eigenvalue weighted by Gasteiger charge is 2.46. The summed E-state index contributed by atoms with van der Waals surface area (Å²) in [6.45, 7) is -0.142. The quantitative estimate of drug-likeness (QED) is 0.465. The van der Waals surface area contributed by atoms with E-state index in [-0.39, 0.29) is 24.8 Å². The van der Waals surface area contributed by atoms with Gasteiger partial charge in [-0.15, -0.1) is 0 Å². The standard InChI is InChI=1S/C10H15N3O4/c11-8-1-2-13(9(15)12-8)7-3-6(5-14)4-10(7,16)17/h1-2,6-7,14,16-17H,3-5H2,(H2,11,12,15)/t6-,7-/m0/s1. The van der Waals surface area contributed by atoms with Gasteiger partial charge in [-0.25, -0.2) is 4.79 Å². The second kappa shape index (κ2) is 4.10. The Kier molecular flexibility index (Phi) is 2.90. The van der Waals surface area contributed by atoms with E-state index >= 15 is 0 Å². The van der Waals surface area contributed by atoms with Crippen LogP contribution in [0.4, 0.5) is 5.82 Å². The molecular formula is C10H15N3O4. The zero-order chi connectivity index (χ0) is 12.6. The van der Waals surface area contributed by atoms with Crippen LogP contribution in [0.5, 0.6) is 0 Å². The van der Waals surface area contributed by atoms with Crippen molar-refractivity contribution in [3.8, 4) is 0 Å². The van der Waals surface area contributed by atoms with Gasteiger partial charge in [-0.1, -0.05) is 0 Å². The van der Waals surface area contributed by atoms with Crippen molar-refractivity contribution in [2.45, 2.75) is 24.7 Å². The smallest absolute Gasteiger partial charge is 0.349 e. The number of nitrogens with zero attached hydrogens (tertiary/aromatic N) is 2. The molecule has 0 unspecified atom stereocenters. The number of nitrogen functional groups attached to an aromatic ring is 1. The molecule has 0 amide bonds. The molecule has 0 bridgehead atoms. The number of hydrogen-bond acceptors (Lipinski definition) is 6. The number of aliphatic hydroxyl groups is 3. The molecule has 0 aromatic carbocycles. The van der Waals surface area contributed by atoms with E-state index in [4.69, 9.17) is 10.8 Å². The number of hydrogen-bond donors (Lipinski definition) is 4. The van der Waals surface area contributed by atoms with E-state index in [1.165, 1.54) is 12.3 Å². The highest BCUT2D eigenvalue weighted by molar-refractivity contribution is 5.23. The van der Waals surface area contributed by atoms with E-state index in [1.54, 1.807) is 0 Å². The van der Waals surface area contributed by atoms with Crippen LogP contribution in [0.3, 0.4) is 0 Å². The lowest BCUT2D eigenvalue weighted by Gasteiger charge is -2.25. The lowest BCUT2D eigenvalue weighted by Crippen LogP contribution is -2.39. The minimum Gasteiger partial charge on any atom is -0.396 e. The first kappa shape index (κ1) is 12.0. The molecule has 1 aliphatic carbocycles. The van der Waals surface area contributed by atoms with E-state index in [1.807, 2.05) is 0 Å². The van der Waals surface area contributed by atoms with Crippen molar-refractivity contribution in [2.75, 3.05) is 12.3 Å². The zero-order valence-corrected chi connectivity index (χ0v) is 9.15. The zero-order valence-electron chi connectivity index (χ0n) is 9.15. The Labute approximate surface area is 97.1 Å². The number of nitrogens with two attached hydrogens (primary N) is 1. The monoisotopic (exact) mass is 241 g/mol. The third-order valence-corrected chi connectivity index (χ3v) is 3.12. The normalized spacial score (nSPS) is 27.2. The van der Waals surface area contributed by atoms with Crippen molar-refractivity contribution in [1.29, 1.82) is 0 Å². The minimum absolute atomic E-state index is 0.0327. The van der Waals surface area contributed by atoms with Gasteiger partial charge in [0, 0.05) is 19.2 Å². The molecule has 94 valence electrons. The van der Waals surface area contributed by atoms with Crippen LogP contribution in [0.25, 0.3) is 0 Å². The summed E-state index contributed by atoms with van der Waals surface area (Å²) in [5.74, 6) is -2.15. The summed E-state index contributed by atoms with van der Waals surface area (Å²) < 4.78 is 1.14. The van der Waals surface area contributed by atoms with Gasteiger partial charge in [0.1, 0.15) is 5.82 Å². The lowest BCUT2D eigenvalue weighted by atomic mass is 10.1. The van der Waals surface area contributed by atoms with Gasteiger partial charge >= 0.3 is 5.69 Å². The van der Waals surface area contributed by atoms with E-state index < -0.39 is 17.5 Å². The van der Waals surface area contributed by atoms with Crippen LogP contribution in [-0.4, -0.2) is 37.3 Å². The summed E-state index contributed by atoms with van der Waals surface area (Å²) in [6, 6.07) is 0.615. The van der Waals surface area contributed by atoms with Gasteiger partial charge in [-0.2, -0.15) is 4.98 Å². The predicted octanol–water partition coefficient (Wildman–Crippen LogP) is -1.55. The highest BCUT2D eigenvalue weighted by atomic mass is 16.5. The summed E-state index contributed by atoms with van der Waals surface area (Å²) >= 11 is 0. The first-order chi connectivity index (χ1) is 7.94. The van der Waals surface area contributed by atoms with Gasteiger partial charge < -0.3 is 21.1 Å². The van der Waals surface area contributed by atoms with Crippen LogP contribution < -0.4 is 11.4 Å². The summed E-state index contributed by atoms with van der Waals surface area (Å²) in [7, 11) is 0. The van der Waals surface area contributed by atoms with Gasteiger partial charge in [0.05, 0.1) is 6.04 Å². The van der Waals surface area contributed by atoms with Crippen LogP contribution in [0.15, 0.2) is 17.1 Å². The SMILES string of the molecule is Nc1ccn([C@H]2C[C@H](CO)CC2(O)O)c(=O)n1. The lowest BCUT2D eigenvalue weighted by molar-refractivity contribution is -0.182. The summed E-state index contributed by atoms with van der Waals surface area (Å²) in [4.78, 5) is 15.1. The molecule has 1 saturated carbocycles. The first-order valence-electron chi connectivity index (χ1n) is 5.34. The van der Waals surface area contributed by atoms with Crippen molar-refractivity contribution >= 4 is 5.82 Å². The molecule has 1 fully saturated rings. The third-order valence-electron chi connectivity index (χ3n) is 3.12. The maximum atomic E-state index is 11.6. The molecule has 2 atom stereocenters. The van der Waals surface area contributed by atoms with Crippen molar-refractivity contribution in [1.82, 2.24) is 9.55 Å². The van der Waals surface area contributed by atoms with E-state index in [2.05, 4.69) is 4.98 Å². The Morgan fingerprint density at radius 3 is 2.82 bits per heavy atom. The molecule has 0 aliphatic heterocycles. The summed E-state index contributed by atoms with van der Waals surface area (Å²) in [6.07, 6.45) is 1.73. The first-order valence-corrected chi connectivity index (χ1v) is 5.34. The molecule has 0 radical (unpaired) electrons. The summed E-state index contributed by atoms with van der Waals surface area (Å²) in [5, 5.41) is 28.7. The van der Waals surface area contributed by atoms with Gasteiger partial charge in [0.25, 0.3) is 0 Å². The fraction of sp³-hybridized carbons (Fsp3) is 0.600. The van der Waals surface area contributed by atoms with Crippen molar-refractivity contribution in [2.24, 2.45) is 5.92 Å². The van der Waals surface area contributed by atoms with E-state index in [9.17, 15) is 15.0 Å². The maximum absolute atomic E-state index is 11.6. The Morgan fingerprint density at radius 2 is 2.29 bits per heavy atom. The molecule has 0 saturated heterocycles. The summed E-state index contributed by atoms with van der Waals surface area (Å²) in [5.41, 5.74) is 4.73. The average Bonchev–Trinajstić information content (AvgIpc) is 2.54. The van der Waals surface area contributed by atoms with Crippen LogP contribution in [0, 0.1) is 5.92 Å². The molecule has 2 rings (SSSR count). The van der Waals surface area contributed by atoms with Crippen molar-refractivity contribution < 1.29 is 15.3 Å². The second-order valence-electron chi connectivity index (χ2n) is 4.43. The van der Waals surface area contributed by atoms with Crippen molar-refractivity contribution in [3.05, 3.63) is 22.7 Å². The van der Waals surface area contributed by atoms with Crippen molar-refractivity contribution in [3.63, 3.8) is 0 Å². The molecule has 1 aliphatic rings. The Balaban J connectivity index is 2.37. The Hall–Kier alpha value is -1.44. The van der Waals surface area contributed by atoms with Gasteiger partial charge in [-0.3, -0.25) is 4.57 Å². The topological polar surface area (TPSA) is 122 Å². The fourth-order valence-electron chi connectivity index (χ4n) is 2.29. The van der Waals surface area contributed by atoms with Gasteiger partial charge in [-0.05, 0) is 18.4 Å². The maximum Gasteiger partial charge on any atom is 0.349 e. The van der Waals surface area contributed by atoms with Gasteiger partial charge in [0.2, 0.25) is 0 Å². The minimum atomic E-state index is -2.00. The molecule has 0 spiro atoms. The van der Waals surface area contributed by atoms with Gasteiger partial charge in [0.15, 0.2) is 5.79 Å². The molecule has 1 aromatic heterocycles. The van der Waals surface area contributed by atoms with E-state index in [0.29, 0.717) is 6.42 Å². The highest BCUT2D eigenvalue weighted by Crippen LogP contribution is 2.40. The second-order valence-corrected chi connectivity index (χ2v) is 4.43. The molecule has 5 N–H and O–H groups in total. The average molecular weight is 241 g/mol. The fourth-order valence-corrected chi connectivity index (χ4v) is 2.29. The predicted molar refractivity (Wildman–Crippen MR) is 58.9 cm³/mol. The Bertz CT molecular complexity index is 471. The van der Waals surface area contributed by atoms with Crippen LogP contribution in [0.2, 0.25) is 0 Å². The number of aliphatic hydroxyl groups excluding tert-OH is 1. The number of aromatic nitrogens is 2. The largest absolute Gasteiger partial charge is 0.396 e. The van der Waals surface area contributed by atoms with E-state index in [0.717, 1.165) is 4.57 Å². The van der Waals surface area contributed by atoms with Crippen LogP contribution in [0.1, 0.15) is 18.9 Å². The third kappa shape index (κ3) is 2.17. The number of anilines is 1. The molecular weight excluding hydrogens is 226 g/mol. The molecule has 7 nitrogen and oxygen atoms in total. The molecule has 17 heavy (non-hydrogen) atoms.